The van der Waals surface area contributed by atoms with Crippen LogP contribution in [0.5, 0.6) is 0 Å². The molecule has 0 aliphatic rings. The second-order valence-corrected chi connectivity index (χ2v) is 3.21. The lowest BCUT2D eigenvalue weighted by Gasteiger charge is -1.90. The number of benzene rings is 1. The summed E-state index contributed by atoms with van der Waals surface area (Å²) in [6, 6.07) is 6.54. The van der Waals surface area contributed by atoms with Gasteiger partial charge in [-0.25, -0.2) is 4.79 Å². The Hall–Kier alpha value is -2.61. The van der Waals surface area contributed by atoms with E-state index < -0.39 is 5.97 Å². The van der Waals surface area contributed by atoms with Gasteiger partial charge in [-0.3, -0.25) is 4.79 Å². The molecule has 0 amide bonds. The van der Waals surface area contributed by atoms with Gasteiger partial charge in [0.05, 0.1) is 17.2 Å². The second-order valence-electron chi connectivity index (χ2n) is 3.21. The van der Waals surface area contributed by atoms with Crippen LogP contribution in [0, 0.1) is 11.3 Å². The molecule has 2 rings (SSSR count). The predicted octanol–water partition coefficient (Wildman–Crippen LogP) is 1.55. The van der Waals surface area contributed by atoms with E-state index in [1.165, 1.54) is 12.1 Å². The van der Waals surface area contributed by atoms with Gasteiger partial charge >= 0.3 is 5.97 Å². The van der Waals surface area contributed by atoms with Gasteiger partial charge in [0, 0.05) is 10.9 Å². The highest BCUT2D eigenvalue weighted by Crippen LogP contribution is 2.22. The lowest BCUT2D eigenvalue weighted by Crippen LogP contribution is -2.00. The zero-order chi connectivity index (χ0) is 11.7. The number of nitrogens with zero attached hydrogens (tertiary/aromatic N) is 1. The van der Waals surface area contributed by atoms with Crippen LogP contribution in [-0.2, 0) is 0 Å². The third-order valence-electron chi connectivity index (χ3n) is 2.30. The molecule has 1 aromatic heterocycles. The Morgan fingerprint density at radius 2 is 2.25 bits per heavy atom. The molecule has 0 fully saturated rings. The van der Waals surface area contributed by atoms with Gasteiger partial charge in [0.1, 0.15) is 5.69 Å². The number of carbonyl (C=O) groups is 2. The number of aromatic carboxylic acids is 1. The van der Waals surface area contributed by atoms with Crippen molar-refractivity contribution in [2.45, 2.75) is 0 Å². The number of nitrogens with one attached hydrogen (secondary N) is 1. The Morgan fingerprint density at radius 3 is 2.81 bits per heavy atom. The van der Waals surface area contributed by atoms with Crippen LogP contribution in [0.1, 0.15) is 26.4 Å². The van der Waals surface area contributed by atoms with Gasteiger partial charge < -0.3 is 10.1 Å². The largest absolute Gasteiger partial charge is 0.477 e. The maximum absolute atomic E-state index is 10.8. The molecule has 16 heavy (non-hydrogen) atoms. The fourth-order valence-corrected chi connectivity index (χ4v) is 1.58. The number of hydrogen-bond acceptors (Lipinski definition) is 3. The van der Waals surface area contributed by atoms with Gasteiger partial charge in [0.25, 0.3) is 0 Å². The van der Waals surface area contributed by atoms with E-state index in [-0.39, 0.29) is 11.3 Å². The Balaban J connectivity index is 2.82. The summed E-state index contributed by atoms with van der Waals surface area (Å²) in [4.78, 5) is 24.3. The third kappa shape index (κ3) is 1.33. The van der Waals surface area contributed by atoms with Crippen molar-refractivity contribution in [3.05, 3.63) is 35.0 Å². The van der Waals surface area contributed by atoms with Gasteiger partial charge in [-0.15, -0.1) is 0 Å². The van der Waals surface area contributed by atoms with E-state index in [0.717, 1.165) is 0 Å². The molecule has 0 bridgehead atoms. The zero-order valence-corrected chi connectivity index (χ0v) is 8.02. The van der Waals surface area contributed by atoms with Crippen LogP contribution in [0.4, 0.5) is 0 Å². The van der Waals surface area contributed by atoms with Crippen molar-refractivity contribution in [2.75, 3.05) is 0 Å². The Morgan fingerprint density at radius 1 is 1.50 bits per heavy atom. The minimum atomic E-state index is -1.20. The third-order valence-corrected chi connectivity index (χ3v) is 2.30. The predicted molar refractivity (Wildman–Crippen MR) is 55.4 cm³/mol. The fraction of sp³-hybridized carbons (Fsp3) is 0. The van der Waals surface area contributed by atoms with Crippen molar-refractivity contribution in [3.63, 3.8) is 0 Å². The highest BCUT2D eigenvalue weighted by atomic mass is 16.4. The molecule has 0 unspecified atom stereocenters. The van der Waals surface area contributed by atoms with Crippen LogP contribution >= 0.6 is 0 Å². The molecule has 1 heterocycles. The molecular weight excluding hydrogens is 208 g/mol. The van der Waals surface area contributed by atoms with Gasteiger partial charge in [0.15, 0.2) is 6.29 Å². The van der Waals surface area contributed by atoms with Crippen molar-refractivity contribution < 1.29 is 14.7 Å². The van der Waals surface area contributed by atoms with Gasteiger partial charge in [-0.2, -0.15) is 5.26 Å². The summed E-state index contributed by atoms with van der Waals surface area (Å²) in [7, 11) is 0. The monoisotopic (exact) mass is 214 g/mol. The lowest BCUT2D eigenvalue weighted by molar-refractivity contribution is 0.0688. The Bertz CT molecular complexity index is 634. The zero-order valence-electron chi connectivity index (χ0n) is 8.02. The van der Waals surface area contributed by atoms with E-state index in [0.29, 0.717) is 22.8 Å². The number of H-pyrrole nitrogens is 1. The van der Waals surface area contributed by atoms with Crippen LogP contribution < -0.4 is 0 Å². The molecule has 1 aromatic carbocycles. The summed E-state index contributed by atoms with van der Waals surface area (Å²) in [6.07, 6.45) is 0.494. The maximum atomic E-state index is 10.8. The first-order valence-corrected chi connectivity index (χ1v) is 4.41. The smallest absolute Gasteiger partial charge is 0.353 e. The normalized spacial score (nSPS) is 9.94. The molecule has 5 heteroatoms. The van der Waals surface area contributed by atoms with Crippen molar-refractivity contribution in [3.8, 4) is 6.07 Å². The minimum Gasteiger partial charge on any atom is -0.477 e. The summed E-state index contributed by atoms with van der Waals surface area (Å²) in [5.74, 6) is -1.20. The molecule has 0 saturated heterocycles. The topological polar surface area (TPSA) is 93.9 Å². The van der Waals surface area contributed by atoms with Crippen LogP contribution in [0.2, 0.25) is 0 Å². The molecule has 0 saturated carbocycles. The standard InChI is InChI=1S/C11H6N2O3/c12-4-6-1-2-7-8(5-14)10(11(15)16)13-9(7)3-6/h1-3,5,13H,(H,15,16). The molecule has 0 radical (unpaired) electrons. The first-order valence-electron chi connectivity index (χ1n) is 4.41. The highest BCUT2D eigenvalue weighted by Gasteiger charge is 2.16. The quantitative estimate of drug-likeness (QED) is 0.741. The number of aromatic nitrogens is 1. The van der Waals surface area contributed by atoms with Gasteiger partial charge in [0.2, 0.25) is 0 Å². The van der Waals surface area contributed by atoms with E-state index in [9.17, 15) is 9.59 Å². The minimum absolute atomic E-state index is 0.104. The number of aldehydes is 1. The first kappa shape index (κ1) is 9.93. The van der Waals surface area contributed by atoms with E-state index in [4.69, 9.17) is 10.4 Å². The molecule has 0 atom stereocenters. The fourth-order valence-electron chi connectivity index (χ4n) is 1.58. The van der Waals surface area contributed by atoms with E-state index in [1.54, 1.807) is 6.07 Å². The molecule has 5 nitrogen and oxygen atoms in total. The number of fused-ring (bicyclic) bond motifs is 1. The Kier molecular flexibility index (Phi) is 2.18. The van der Waals surface area contributed by atoms with Crippen molar-refractivity contribution in [1.29, 1.82) is 5.26 Å². The average molecular weight is 214 g/mol. The van der Waals surface area contributed by atoms with Crippen LogP contribution in [0.15, 0.2) is 18.2 Å². The van der Waals surface area contributed by atoms with Crippen molar-refractivity contribution in [1.82, 2.24) is 4.98 Å². The average Bonchev–Trinajstić information content (AvgIpc) is 2.66. The van der Waals surface area contributed by atoms with E-state index in [1.807, 2.05) is 6.07 Å². The SMILES string of the molecule is N#Cc1ccc2c(C=O)c(C(=O)O)[nH]c2c1. The number of aromatic amines is 1. The number of carboxylic acids is 1. The summed E-state index contributed by atoms with van der Waals surface area (Å²) in [5, 5.41) is 18.1. The van der Waals surface area contributed by atoms with Crippen molar-refractivity contribution in [2.24, 2.45) is 0 Å². The number of hydrogen-bond donors (Lipinski definition) is 2. The molecule has 0 spiro atoms. The van der Waals surface area contributed by atoms with E-state index in [2.05, 4.69) is 4.98 Å². The molecular formula is C11H6N2O3. The summed E-state index contributed by atoms with van der Waals surface area (Å²) < 4.78 is 0. The lowest BCUT2D eigenvalue weighted by atomic mass is 10.1. The van der Waals surface area contributed by atoms with Crippen molar-refractivity contribution >= 4 is 23.2 Å². The van der Waals surface area contributed by atoms with Crippen LogP contribution in [0.3, 0.4) is 0 Å². The molecule has 0 aliphatic heterocycles. The second kappa shape index (κ2) is 3.51. The first-order chi connectivity index (χ1) is 7.67. The summed E-state index contributed by atoms with van der Waals surface area (Å²) >= 11 is 0. The summed E-state index contributed by atoms with van der Waals surface area (Å²) in [5.41, 5.74) is 0.828. The number of carbonyl (C=O) groups excluding carboxylic acids is 1. The Labute approximate surface area is 89.9 Å². The number of nitriles is 1. The molecule has 78 valence electrons. The highest BCUT2D eigenvalue weighted by molar-refractivity contribution is 6.07. The number of rotatable bonds is 2. The van der Waals surface area contributed by atoms with E-state index >= 15 is 0 Å². The number of carboxylic acid groups (broad SMARTS) is 1. The van der Waals surface area contributed by atoms with Gasteiger partial charge in [-0.05, 0) is 12.1 Å². The van der Waals surface area contributed by atoms with Gasteiger partial charge in [-0.1, -0.05) is 6.07 Å². The van der Waals surface area contributed by atoms with Crippen LogP contribution in [0.25, 0.3) is 10.9 Å². The molecule has 2 aromatic rings. The summed E-state index contributed by atoms with van der Waals surface area (Å²) in [6.45, 7) is 0. The van der Waals surface area contributed by atoms with Crippen LogP contribution in [-0.4, -0.2) is 22.3 Å². The maximum Gasteiger partial charge on any atom is 0.353 e. The molecule has 0 aliphatic carbocycles. The molecule has 2 N–H and O–H groups in total.